The molecule has 18 heavy (non-hydrogen) atoms. The van der Waals surface area contributed by atoms with Crippen molar-refractivity contribution in [2.24, 2.45) is 0 Å². The molecule has 1 aromatic rings. The van der Waals surface area contributed by atoms with Gasteiger partial charge in [-0.1, -0.05) is 65.7 Å². The lowest BCUT2D eigenvalue weighted by Gasteiger charge is -2.27. The number of oxazole rings is 1. The van der Waals surface area contributed by atoms with E-state index in [1.807, 2.05) is 6.20 Å². The molecular formula is C16H29NO. The van der Waals surface area contributed by atoms with Gasteiger partial charge >= 0.3 is 0 Å². The number of unbranched alkanes of at least 4 members (excludes halogenated alkanes) is 5. The van der Waals surface area contributed by atoms with E-state index >= 15 is 0 Å². The predicted octanol–water partition coefficient (Wildman–Crippen LogP) is 5.48. The molecule has 104 valence electrons. The Kier molecular flexibility index (Phi) is 7.07. The molecule has 0 saturated heterocycles. The molecule has 0 fully saturated rings. The van der Waals surface area contributed by atoms with E-state index in [4.69, 9.17) is 4.42 Å². The van der Waals surface area contributed by atoms with Crippen LogP contribution in [-0.2, 0) is 5.41 Å². The molecule has 0 amide bonds. The Hall–Kier alpha value is -0.790. The van der Waals surface area contributed by atoms with E-state index < -0.39 is 0 Å². The smallest absolute Gasteiger partial charge is 0.180 e. The van der Waals surface area contributed by atoms with Gasteiger partial charge in [-0.25, -0.2) is 4.98 Å². The van der Waals surface area contributed by atoms with Gasteiger partial charge in [0.15, 0.2) is 6.39 Å². The minimum atomic E-state index is 0.193. The highest BCUT2D eigenvalue weighted by Gasteiger charge is 2.28. The van der Waals surface area contributed by atoms with Gasteiger partial charge in [0, 0.05) is 5.41 Å². The zero-order valence-corrected chi connectivity index (χ0v) is 12.4. The first-order valence-electron chi connectivity index (χ1n) is 7.62. The summed E-state index contributed by atoms with van der Waals surface area (Å²) in [5, 5.41) is 0. The van der Waals surface area contributed by atoms with Crippen LogP contribution < -0.4 is 0 Å². The zero-order valence-electron chi connectivity index (χ0n) is 12.4. The van der Waals surface area contributed by atoms with Gasteiger partial charge in [0.1, 0.15) is 5.76 Å². The molecule has 1 unspecified atom stereocenters. The molecule has 0 aliphatic heterocycles. The fourth-order valence-electron chi connectivity index (χ4n) is 2.57. The van der Waals surface area contributed by atoms with Gasteiger partial charge in [-0.3, -0.25) is 0 Å². The Morgan fingerprint density at radius 3 is 2.28 bits per heavy atom. The number of nitrogens with zero attached hydrogens (tertiary/aromatic N) is 1. The molecular weight excluding hydrogens is 222 g/mol. The van der Waals surface area contributed by atoms with Crippen molar-refractivity contribution in [3.8, 4) is 0 Å². The highest BCUT2D eigenvalue weighted by molar-refractivity contribution is 5.07. The average Bonchev–Trinajstić information content (AvgIpc) is 2.90. The van der Waals surface area contributed by atoms with Crippen LogP contribution in [0.3, 0.4) is 0 Å². The van der Waals surface area contributed by atoms with Gasteiger partial charge in [-0.05, 0) is 12.8 Å². The van der Waals surface area contributed by atoms with Gasteiger partial charge in [-0.15, -0.1) is 0 Å². The van der Waals surface area contributed by atoms with E-state index in [2.05, 4.69) is 25.8 Å². The second-order valence-electron chi connectivity index (χ2n) is 5.69. The Balaban J connectivity index is 2.45. The molecule has 0 aliphatic rings. The van der Waals surface area contributed by atoms with E-state index in [0.717, 1.165) is 5.76 Å². The van der Waals surface area contributed by atoms with Crippen LogP contribution >= 0.6 is 0 Å². The van der Waals surface area contributed by atoms with Crippen LogP contribution in [0.15, 0.2) is 17.0 Å². The van der Waals surface area contributed by atoms with Gasteiger partial charge in [0.2, 0.25) is 0 Å². The number of hydrogen-bond donors (Lipinski definition) is 0. The molecule has 0 bridgehead atoms. The number of hydrogen-bond acceptors (Lipinski definition) is 2. The lowest BCUT2D eigenvalue weighted by atomic mass is 9.78. The maximum absolute atomic E-state index is 5.56. The standard InChI is InChI=1S/C16H29NO/c1-4-6-8-9-10-12-16(3,11-7-5-2)15-13-17-14-18-15/h13-14H,4-12H2,1-3H3. The molecule has 0 aliphatic carbocycles. The van der Waals surface area contributed by atoms with Crippen molar-refractivity contribution in [3.63, 3.8) is 0 Å². The molecule has 0 saturated carbocycles. The van der Waals surface area contributed by atoms with Gasteiger partial charge in [0.25, 0.3) is 0 Å². The Morgan fingerprint density at radius 2 is 1.67 bits per heavy atom. The van der Waals surface area contributed by atoms with Crippen LogP contribution in [-0.4, -0.2) is 4.98 Å². The fraction of sp³-hybridized carbons (Fsp3) is 0.812. The molecule has 1 aromatic heterocycles. The zero-order chi connectivity index (χ0) is 13.3. The summed E-state index contributed by atoms with van der Waals surface area (Å²) in [7, 11) is 0. The molecule has 2 nitrogen and oxygen atoms in total. The maximum Gasteiger partial charge on any atom is 0.180 e. The third kappa shape index (κ3) is 4.83. The van der Waals surface area contributed by atoms with Crippen LogP contribution in [0, 0.1) is 0 Å². The van der Waals surface area contributed by atoms with Crippen LogP contribution in [0.2, 0.25) is 0 Å². The lowest BCUT2D eigenvalue weighted by molar-refractivity contribution is 0.300. The van der Waals surface area contributed by atoms with Crippen molar-refractivity contribution in [1.82, 2.24) is 4.98 Å². The van der Waals surface area contributed by atoms with Crippen molar-refractivity contribution >= 4 is 0 Å². The second kappa shape index (κ2) is 8.34. The summed E-state index contributed by atoms with van der Waals surface area (Å²) in [5.74, 6) is 1.08. The van der Waals surface area contributed by atoms with Crippen molar-refractivity contribution in [2.45, 2.75) is 84.0 Å². The molecule has 0 N–H and O–H groups in total. The van der Waals surface area contributed by atoms with E-state index in [1.165, 1.54) is 57.8 Å². The van der Waals surface area contributed by atoms with Crippen molar-refractivity contribution in [2.75, 3.05) is 0 Å². The molecule has 1 atom stereocenters. The first-order valence-corrected chi connectivity index (χ1v) is 7.62. The summed E-state index contributed by atoms with van der Waals surface area (Å²) in [6.45, 7) is 6.85. The van der Waals surface area contributed by atoms with Gasteiger partial charge in [0.05, 0.1) is 6.20 Å². The summed E-state index contributed by atoms with van der Waals surface area (Å²) >= 11 is 0. The quantitative estimate of drug-likeness (QED) is 0.514. The molecule has 0 radical (unpaired) electrons. The summed E-state index contributed by atoms with van der Waals surface area (Å²) in [5.41, 5.74) is 0.193. The highest BCUT2D eigenvalue weighted by Crippen LogP contribution is 2.34. The summed E-state index contributed by atoms with van der Waals surface area (Å²) in [6, 6.07) is 0. The number of aromatic nitrogens is 1. The molecule has 1 rings (SSSR count). The molecule has 0 spiro atoms. The number of rotatable bonds is 10. The van der Waals surface area contributed by atoms with E-state index in [0.29, 0.717) is 0 Å². The van der Waals surface area contributed by atoms with Crippen LogP contribution in [0.4, 0.5) is 0 Å². The maximum atomic E-state index is 5.56. The van der Waals surface area contributed by atoms with E-state index in [-0.39, 0.29) is 5.41 Å². The van der Waals surface area contributed by atoms with Gasteiger partial charge in [-0.2, -0.15) is 0 Å². The van der Waals surface area contributed by atoms with E-state index in [9.17, 15) is 0 Å². The monoisotopic (exact) mass is 251 g/mol. The Labute approximate surface area is 112 Å². The van der Waals surface area contributed by atoms with Crippen LogP contribution in [0.1, 0.15) is 84.3 Å². The lowest BCUT2D eigenvalue weighted by Crippen LogP contribution is -2.21. The summed E-state index contributed by atoms with van der Waals surface area (Å²) in [6.07, 6.45) is 15.1. The SMILES string of the molecule is CCCCCCCC(C)(CCCC)c1cnco1. The molecule has 0 aromatic carbocycles. The molecule has 1 heterocycles. The topological polar surface area (TPSA) is 26.0 Å². The highest BCUT2D eigenvalue weighted by atomic mass is 16.3. The fourth-order valence-corrected chi connectivity index (χ4v) is 2.57. The largest absolute Gasteiger partial charge is 0.448 e. The first-order chi connectivity index (χ1) is 8.73. The van der Waals surface area contributed by atoms with E-state index in [1.54, 1.807) is 6.39 Å². The Bertz CT molecular complexity index is 294. The van der Waals surface area contributed by atoms with Crippen molar-refractivity contribution in [1.29, 1.82) is 0 Å². The normalized spacial score (nSPS) is 14.6. The summed E-state index contributed by atoms with van der Waals surface area (Å²) in [4.78, 5) is 4.09. The van der Waals surface area contributed by atoms with Crippen LogP contribution in [0.5, 0.6) is 0 Å². The van der Waals surface area contributed by atoms with Gasteiger partial charge < -0.3 is 4.42 Å². The molecule has 2 heteroatoms. The third-order valence-electron chi connectivity index (χ3n) is 3.94. The first kappa shape index (κ1) is 15.3. The Morgan fingerprint density at radius 1 is 1.00 bits per heavy atom. The average molecular weight is 251 g/mol. The minimum Gasteiger partial charge on any atom is -0.448 e. The minimum absolute atomic E-state index is 0.193. The summed E-state index contributed by atoms with van der Waals surface area (Å²) < 4.78 is 5.56. The van der Waals surface area contributed by atoms with Crippen molar-refractivity contribution < 1.29 is 4.42 Å². The van der Waals surface area contributed by atoms with Crippen LogP contribution in [0.25, 0.3) is 0 Å². The predicted molar refractivity (Wildman–Crippen MR) is 76.8 cm³/mol. The van der Waals surface area contributed by atoms with Crippen molar-refractivity contribution in [3.05, 3.63) is 18.4 Å². The second-order valence-corrected chi connectivity index (χ2v) is 5.69. The third-order valence-corrected chi connectivity index (χ3v) is 3.94.